The van der Waals surface area contributed by atoms with E-state index in [9.17, 15) is 4.79 Å². The molecule has 1 saturated heterocycles. The number of ether oxygens (including phenoxy) is 2. The molecule has 2 aromatic carbocycles. The third kappa shape index (κ3) is 3.44. The first-order chi connectivity index (χ1) is 15.7. The van der Waals surface area contributed by atoms with Crippen molar-refractivity contribution >= 4 is 5.91 Å². The fourth-order valence-corrected chi connectivity index (χ4v) is 4.98. The molecule has 3 aliphatic rings. The fraction of sp³-hybridized carbons (Fsp3) is 0.385. The molecule has 0 spiro atoms. The Morgan fingerprint density at radius 3 is 2.56 bits per heavy atom. The zero-order chi connectivity index (χ0) is 21.5. The third-order valence-corrected chi connectivity index (χ3v) is 7.09. The Morgan fingerprint density at radius 2 is 1.78 bits per heavy atom. The number of fused-ring (bicyclic) bond motifs is 1. The van der Waals surface area contributed by atoms with Crippen LogP contribution in [0.5, 0.6) is 11.5 Å². The number of carbonyl (C=O) groups is 1. The molecule has 1 aliphatic carbocycles. The van der Waals surface area contributed by atoms with E-state index in [2.05, 4.69) is 35.5 Å². The van der Waals surface area contributed by atoms with Crippen molar-refractivity contribution in [2.75, 3.05) is 19.9 Å². The Labute approximate surface area is 187 Å². The predicted octanol–water partition coefficient (Wildman–Crippen LogP) is 4.58. The summed E-state index contributed by atoms with van der Waals surface area (Å²) in [6, 6.07) is 18.3. The maximum absolute atomic E-state index is 13.5. The first kappa shape index (κ1) is 19.4. The minimum atomic E-state index is -0.510. The van der Waals surface area contributed by atoms with E-state index >= 15 is 0 Å². The molecule has 2 aliphatic heterocycles. The van der Waals surface area contributed by atoms with E-state index in [4.69, 9.17) is 14.0 Å². The summed E-state index contributed by atoms with van der Waals surface area (Å²) in [5.41, 5.74) is 2.50. The van der Waals surface area contributed by atoms with Gasteiger partial charge in [0.2, 0.25) is 12.7 Å². The summed E-state index contributed by atoms with van der Waals surface area (Å²) in [4.78, 5) is 15.5. The summed E-state index contributed by atoms with van der Waals surface area (Å²) >= 11 is 0. The van der Waals surface area contributed by atoms with E-state index in [0.29, 0.717) is 17.4 Å². The van der Waals surface area contributed by atoms with Gasteiger partial charge in [0, 0.05) is 24.7 Å². The lowest BCUT2D eigenvalue weighted by Gasteiger charge is -2.34. The highest BCUT2D eigenvalue weighted by atomic mass is 16.7. The van der Waals surface area contributed by atoms with Crippen molar-refractivity contribution in [1.82, 2.24) is 10.1 Å². The summed E-state index contributed by atoms with van der Waals surface area (Å²) in [5, 5.41) is 4.31. The summed E-state index contributed by atoms with van der Waals surface area (Å²) in [6.07, 6.45) is 4.87. The Kier molecular flexibility index (Phi) is 4.67. The maximum atomic E-state index is 13.5. The molecular weight excluding hydrogens is 404 g/mol. The molecule has 32 heavy (non-hydrogen) atoms. The van der Waals surface area contributed by atoms with Gasteiger partial charge < -0.3 is 18.9 Å². The zero-order valence-electron chi connectivity index (χ0n) is 18.0. The predicted molar refractivity (Wildman–Crippen MR) is 118 cm³/mol. The molecule has 1 aromatic heterocycles. The summed E-state index contributed by atoms with van der Waals surface area (Å²) in [7, 11) is 0. The average molecular weight is 431 g/mol. The molecular formula is C26H26N2O4. The Balaban J connectivity index is 1.13. The van der Waals surface area contributed by atoms with Gasteiger partial charge in [-0.25, -0.2) is 0 Å². The van der Waals surface area contributed by atoms with Crippen molar-refractivity contribution in [2.24, 2.45) is 5.92 Å². The number of piperidine rings is 1. The molecule has 0 N–H and O–H groups in total. The van der Waals surface area contributed by atoms with Gasteiger partial charge in [-0.1, -0.05) is 35.5 Å². The fourth-order valence-electron chi connectivity index (χ4n) is 4.98. The second-order valence-electron chi connectivity index (χ2n) is 9.15. The van der Waals surface area contributed by atoms with Crippen molar-refractivity contribution in [1.29, 1.82) is 0 Å². The molecule has 2 fully saturated rings. The normalized spacial score (nSPS) is 19.2. The van der Waals surface area contributed by atoms with Gasteiger partial charge in [-0.05, 0) is 61.8 Å². The standard InChI is InChI=1S/C26H26N2O4/c29-25(28-12-8-19(9-13-28)14-18-4-2-1-3-5-18)26(10-11-26)24-16-22(32-27-24)20-6-7-21-23(15-20)31-17-30-21/h1-7,15-16,19H,8-14,17H2. The van der Waals surface area contributed by atoms with Crippen molar-refractivity contribution in [2.45, 2.75) is 37.5 Å². The number of aromatic nitrogens is 1. The largest absolute Gasteiger partial charge is 0.454 e. The van der Waals surface area contributed by atoms with E-state index in [0.717, 1.165) is 62.2 Å². The van der Waals surface area contributed by atoms with Crippen LogP contribution in [0.25, 0.3) is 11.3 Å². The molecule has 6 nitrogen and oxygen atoms in total. The first-order valence-electron chi connectivity index (χ1n) is 11.4. The lowest BCUT2D eigenvalue weighted by atomic mass is 9.89. The minimum Gasteiger partial charge on any atom is -0.454 e. The Hall–Kier alpha value is -3.28. The minimum absolute atomic E-state index is 0.209. The van der Waals surface area contributed by atoms with E-state index in [1.807, 2.05) is 29.2 Å². The van der Waals surface area contributed by atoms with E-state index in [-0.39, 0.29) is 12.7 Å². The van der Waals surface area contributed by atoms with Crippen LogP contribution in [0.2, 0.25) is 0 Å². The van der Waals surface area contributed by atoms with Crippen molar-refractivity contribution in [3.63, 3.8) is 0 Å². The molecule has 1 amide bonds. The van der Waals surface area contributed by atoms with Gasteiger partial charge in [0.05, 0.1) is 11.1 Å². The van der Waals surface area contributed by atoms with E-state index in [1.165, 1.54) is 5.56 Å². The van der Waals surface area contributed by atoms with Gasteiger partial charge in [-0.15, -0.1) is 0 Å². The number of hydrogen-bond acceptors (Lipinski definition) is 5. The lowest BCUT2D eigenvalue weighted by molar-refractivity contribution is -0.135. The molecule has 0 unspecified atom stereocenters. The number of nitrogens with zero attached hydrogens (tertiary/aromatic N) is 2. The highest BCUT2D eigenvalue weighted by Gasteiger charge is 2.55. The third-order valence-electron chi connectivity index (χ3n) is 7.09. The summed E-state index contributed by atoms with van der Waals surface area (Å²) < 4.78 is 16.5. The monoisotopic (exact) mass is 430 g/mol. The number of amides is 1. The van der Waals surface area contributed by atoms with Gasteiger partial charge in [-0.3, -0.25) is 4.79 Å². The van der Waals surface area contributed by atoms with E-state index < -0.39 is 5.41 Å². The van der Waals surface area contributed by atoms with Crippen LogP contribution >= 0.6 is 0 Å². The van der Waals surface area contributed by atoms with Crippen molar-refractivity contribution < 1.29 is 18.8 Å². The first-order valence-corrected chi connectivity index (χ1v) is 11.4. The van der Waals surface area contributed by atoms with Crippen LogP contribution < -0.4 is 9.47 Å². The molecule has 0 bridgehead atoms. The highest BCUT2D eigenvalue weighted by Crippen LogP contribution is 2.50. The van der Waals surface area contributed by atoms with Crippen LogP contribution in [0.15, 0.2) is 59.1 Å². The topological polar surface area (TPSA) is 64.8 Å². The highest BCUT2D eigenvalue weighted by molar-refractivity contribution is 5.91. The molecule has 0 atom stereocenters. The number of carbonyl (C=O) groups excluding carboxylic acids is 1. The quantitative estimate of drug-likeness (QED) is 0.593. The van der Waals surface area contributed by atoms with Crippen LogP contribution in [-0.4, -0.2) is 35.8 Å². The maximum Gasteiger partial charge on any atom is 0.234 e. The number of hydrogen-bond donors (Lipinski definition) is 0. The van der Waals surface area contributed by atoms with Gasteiger partial charge in [0.15, 0.2) is 17.3 Å². The molecule has 1 saturated carbocycles. The van der Waals surface area contributed by atoms with E-state index in [1.54, 1.807) is 0 Å². The Bertz CT molecular complexity index is 1130. The van der Waals surface area contributed by atoms with Gasteiger partial charge in [0.1, 0.15) is 0 Å². The molecule has 6 rings (SSSR count). The second kappa shape index (κ2) is 7.69. The summed E-state index contributed by atoms with van der Waals surface area (Å²) in [5.74, 6) is 2.94. The molecule has 6 heteroatoms. The van der Waals surface area contributed by atoms with Crippen LogP contribution in [-0.2, 0) is 16.6 Å². The number of benzene rings is 2. The van der Waals surface area contributed by atoms with Crippen molar-refractivity contribution in [3.05, 3.63) is 65.9 Å². The zero-order valence-corrected chi connectivity index (χ0v) is 18.0. The second-order valence-corrected chi connectivity index (χ2v) is 9.15. The smallest absolute Gasteiger partial charge is 0.234 e. The van der Waals surface area contributed by atoms with Crippen LogP contribution in [0, 0.1) is 5.92 Å². The van der Waals surface area contributed by atoms with Crippen molar-refractivity contribution in [3.8, 4) is 22.8 Å². The summed E-state index contributed by atoms with van der Waals surface area (Å²) in [6.45, 7) is 1.88. The number of likely N-dealkylation sites (tertiary alicyclic amines) is 1. The average Bonchev–Trinajstić information content (AvgIpc) is 3.26. The van der Waals surface area contributed by atoms with Gasteiger partial charge in [-0.2, -0.15) is 0 Å². The molecule has 3 aromatic rings. The SMILES string of the molecule is O=C(N1CCC(Cc2ccccc2)CC1)C1(c2cc(-c3ccc4c(c3)OCO4)on2)CC1. The van der Waals surface area contributed by atoms with Crippen LogP contribution in [0.3, 0.4) is 0 Å². The van der Waals surface area contributed by atoms with Crippen LogP contribution in [0.1, 0.15) is 36.9 Å². The van der Waals surface area contributed by atoms with Gasteiger partial charge in [0.25, 0.3) is 0 Å². The van der Waals surface area contributed by atoms with Gasteiger partial charge >= 0.3 is 0 Å². The molecule has 164 valence electrons. The number of rotatable bonds is 5. The van der Waals surface area contributed by atoms with Crippen LogP contribution in [0.4, 0.5) is 0 Å². The lowest BCUT2D eigenvalue weighted by Crippen LogP contribution is -2.44. The molecule has 3 heterocycles. The Morgan fingerprint density at radius 1 is 1.00 bits per heavy atom. The molecule has 0 radical (unpaired) electrons.